The molecule has 6 heteroatoms. The number of aromatic nitrogens is 2. The summed E-state index contributed by atoms with van der Waals surface area (Å²) in [4.78, 5) is 14.1. The van der Waals surface area contributed by atoms with Gasteiger partial charge >= 0.3 is 0 Å². The van der Waals surface area contributed by atoms with Crippen LogP contribution in [-0.4, -0.2) is 15.5 Å². The molecule has 1 amide bonds. The molecular weight excluding hydrogens is 302 g/mol. The molecule has 4 nitrogen and oxygen atoms in total. The Morgan fingerprint density at radius 3 is 3.00 bits per heavy atom. The number of aromatic amines is 1. The number of fused-ring (bicyclic) bond motifs is 1. The standard InChI is InChI=1S/C11H12BrN3OS/c1-6(4-10(13)16)15-9-3-2-7(12)5-8(9)14-11(15)17/h2-3,5-6H,4H2,1H3,(H2,13,16)(H,14,17). The van der Waals surface area contributed by atoms with E-state index in [-0.39, 0.29) is 18.4 Å². The summed E-state index contributed by atoms with van der Waals surface area (Å²) in [6.07, 6.45) is 0.275. The lowest BCUT2D eigenvalue weighted by atomic mass is 10.2. The molecule has 17 heavy (non-hydrogen) atoms. The quantitative estimate of drug-likeness (QED) is 0.856. The first-order chi connectivity index (χ1) is 7.99. The number of nitrogens with one attached hydrogen (secondary N) is 1. The molecule has 0 aliphatic carbocycles. The van der Waals surface area contributed by atoms with Gasteiger partial charge in [-0.2, -0.15) is 0 Å². The summed E-state index contributed by atoms with van der Waals surface area (Å²) in [7, 11) is 0. The number of carbonyl (C=O) groups is 1. The number of hydrogen-bond donors (Lipinski definition) is 2. The lowest BCUT2D eigenvalue weighted by molar-refractivity contribution is -0.118. The van der Waals surface area contributed by atoms with E-state index < -0.39 is 0 Å². The molecule has 0 spiro atoms. The van der Waals surface area contributed by atoms with Crippen molar-refractivity contribution in [2.24, 2.45) is 5.73 Å². The van der Waals surface area contributed by atoms with Crippen LogP contribution in [0.3, 0.4) is 0 Å². The van der Waals surface area contributed by atoms with Crippen LogP contribution >= 0.6 is 28.1 Å². The van der Waals surface area contributed by atoms with Crippen LogP contribution in [0, 0.1) is 4.77 Å². The van der Waals surface area contributed by atoms with Crippen LogP contribution in [0.15, 0.2) is 22.7 Å². The normalized spacial score (nSPS) is 12.8. The first kappa shape index (κ1) is 12.3. The Bertz CT molecular complexity index is 631. The zero-order valence-corrected chi connectivity index (χ0v) is 11.6. The molecule has 90 valence electrons. The third-order valence-corrected chi connectivity index (χ3v) is 3.41. The second-order valence-corrected chi connectivity index (χ2v) is 5.28. The van der Waals surface area contributed by atoms with E-state index in [4.69, 9.17) is 18.0 Å². The summed E-state index contributed by atoms with van der Waals surface area (Å²) in [5.41, 5.74) is 7.14. The van der Waals surface area contributed by atoms with E-state index in [0.717, 1.165) is 15.5 Å². The van der Waals surface area contributed by atoms with Gasteiger partial charge in [0.1, 0.15) is 0 Å². The Morgan fingerprint density at radius 1 is 1.65 bits per heavy atom. The lowest BCUT2D eigenvalue weighted by Crippen LogP contribution is -2.17. The zero-order valence-electron chi connectivity index (χ0n) is 9.24. The molecular formula is C11H12BrN3OS. The molecule has 2 aromatic rings. The van der Waals surface area contributed by atoms with E-state index in [9.17, 15) is 4.79 Å². The van der Waals surface area contributed by atoms with Gasteiger partial charge in [-0.3, -0.25) is 4.79 Å². The van der Waals surface area contributed by atoms with Gasteiger partial charge < -0.3 is 15.3 Å². The number of H-pyrrole nitrogens is 1. The second kappa shape index (κ2) is 4.62. The Hall–Kier alpha value is -1.14. The first-order valence-corrected chi connectivity index (χ1v) is 6.37. The fourth-order valence-electron chi connectivity index (χ4n) is 1.92. The molecule has 0 bridgehead atoms. The Balaban J connectivity index is 2.57. The molecule has 0 saturated heterocycles. The largest absolute Gasteiger partial charge is 0.370 e. The van der Waals surface area contributed by atoms with Crippen molar-refractivity contribution in [3.8, 4) is 0 Å². The van der Waals surface area contributed by atoms with Crippen molar-refractivity contribution in [1.29, 1.82) is 0 Å². The summed E-state index contributed by atoms with van der Waals surface area (Å²) in [5, 5.41) is 0. The van der Waals surface area contributed by atoms with E-state index in [1.807, 2.05) is 29.7 Å². The van der Waals surface area contributed by atoms with Crippen LogP contribution in [0.1, 0.15) is 19.4 Å². The van der Waals surface area contributed by atoms with Crippen LogP contribution in [0.5, 0.6) is 0 Å². The van der Waals surface area contributed by atoms with Crippen molar-refractivity contribution in [2.75, 3.05) is 0 Å². The fourth-order valence-corrected chi connectivity index (χ4v) is 2.67. The van der Waals surface area contributed by atoms with Gasteiger partial charge in [0.25, 0.3) is 0 Å². The van der Waals surface area contributed by atoms with Crippen LogP contribution in [0.2, 0.25) is 0 Å². The highest BCUT2D eigenvalue weighted by Gasteiger charge is 2.13. The SMILES string of the molecule is CC(CC(N)=O)n1c(=S)[nH]c2cc(Br)ccc21. The predicted molar refractivity (Wildman–Crippen MR) is 73.3 cm³/mol. The van der Waals surface area contributed by atoms with Crippen molar-refractivity contribution in [2.45, 2.75) is 19.4 Å². The van der Waals surface area contributed by atoms with E-state index in [1.54, 1.807) is 0 Å². The van der Waals surface area contributed by atoms with Gasteiger partial charge in [-0.25, -0.2) is 0 Å². The van der Waals surface area contributed by atoms with Crippen LogP contribution in [-0.2, 0) is 4.79 Å². The van der Waals surface area contributed by atoms with Gasteiger partial charge in [0, 0.05) is 16.9 Å². The van der Waals surface area contributed by atoms with E-state index in [0.29, 0.717) is 4.77 Å². The van der Waals surface area contributed by atoms with Crippen LogP contribution in [0.4, 0.5) is 0 Å². The summed E-state index contributed by atoms with van der Waals surface area (Å²) >= 11 is 8.67. The van der Waals surface area contributed by atoms with Crippen molar-refractivity contribution < 1.29 is 4.79 Å². The number of primary amides is 1. The van der Waals surface area contributed by atoms with E-state index >= 15 is 0 Å². The number of nitrogens with zero attached hydrogens (tertiary/aromatic N) is 1. The molecule has 1 unspecified atom stereocenters. The molecule has 1 atom stereocenters. The van der Waals surface area contributed by atoms with Crippen molar-refractivity contribution >= 4 is 45.1 Å². The monoisotopic (exact) mass is 313 g/mol. The summed E-state index contributed by atoms with van der Waals surface area (Å²) in [5.74, 6) is -0.328. The molecule has 0 aliphatic heterocycles. The number of nitrogens with two attached hydrogens (primary N) is 1. The number of amides is 1. The number of halogens is 1. The number of hydrogen-bond acceptors (Lipinski definition) is 2. The molecule has 1 aromatic carbocycles. The maximum atomic E-state index is 11.0. The average molecular weight is 314 g/mol. The topological polar surface area (TPSA) is 63.8 Å². The number of imidazole rings is 1. The minimum absolute atomic E-state index is 0.0464. The molecule has 0 radical (unpaired) electrons. The minimum atomic E-state index is -0.328. The number of rotatable bonds is 3. The Kier molecular flexibility index (Phi) is 3.35. The maximum Gasteiger partial charge on any atom is 0.219 e. The molecule has 0 aliphatic rings. The Morgan fingerprint density at radius 2 is 2.35 bits per heavy atom. The molecule has 1 heterocycles. The molecule has 2 rings (SSSR count). The van der Waals surface area contributed by atoms with Crippen molar-refractivity contribution in [1.82, 2.24) is 9.55 Å². The highest BCUT2D eigenvalue weighted by Crippen LogP contribution is 2.23. The molecule has 0 fully saturated rings. The van der Waals surface area contributed by atoms with E-state index in [1.165, 1.54) is 0 Å². The first-order valence-electron chi connectivity index (χ1n) is 5.17. The molecule has 1 aromatic heterocycles. The summed E-state index contributed by atoms with van der Waals surface area (Å²) < 4.78 is 3.50. The third-order valence-electron chi connectivity index (χ3n) is 2.62. The maximum absolute atomic E-state index is 11.0. The molecule has 3 N–H and O–H groups in total. The zero-order chi connectivity index (χ0) is 12.6. The van der Waals surface area contributed by atoms with Gasteiger partial charge in [-0.1, -0.05) is 15.9 Å². The van der Waals surface area contributed by atoms with Gasteiger partial charge in [0.15, 0.2) is 4.77 Å². The lowest BCUT2D eigenvalue weighted by Gasteiger charge is -2.12. The second-order valence-electron chi connectivity index (χ2n) is 3.98. The van der Waals surface area contributed by atoms with Gasteiger partial charge in [0.05, 0.1) is 11.0 Å². The van der Waals surface area contributed by atoms with Crippen molar-refractivity contribution in [3.05, 3.63) is 27.4 Å². The summed E-state index contributed by atoms with van der Waals surface area (Å²) in [6, 6.07) is 5.82. The van der Waals surface area contributed by atoms with Crippen LogP contribution < -0.4 is 5.73 Å². The third kappa shape index (κ3) is 2.42. The molecule has 0 saturated carbocycles. The van der Waals surface area contributed by atoms with Crippen LogP contribution in [0.25, 0.3) is 11.0 Å². The smallest absolute Gasteiger partial charge is 0.219 e. The average Bonchev–Trinajstić information content (AvgIpc) is 2.51. The minimum Gasteiger partial charge on any atom is -0.370 e. The number of benzene rings is 1. The Labute approximate surface area is 112 Å². The van der Waals surface area contributed by atoms with Gasteiger partial charge in [-0.05, 0) is 37.3 Å². The summed E-state index contributed by atoms with van der Waals surface area (Å²) in [6.45, 7) is 1.93. The van der Waals surface area contributed by atoms with Crippen molar-refractivity contribution in [3.63, 3.8) is 0 Å². The predicted octanol–water partition coefficient (Wildman–Crippen LogP) is 2.90. The van der Waals surface area contributed by atoms with Gasteiger partial charge in [-0.15, -0.1) is 0 Å². The number of carbonyl (C=O) groups excluding carboxylic acids is 1. The van der Waals surface area contributed by atoms with Gasteiger partial charge in [0.2, 0.25) is 5.91 Å². The van der Waals surface area contributed by atoms with E-state index in [2.05, 4.69) is 20.9 Å². The fraction of sp³-hybridized carbons (Fsp3) is 0.273. The highest BCUT2D eigenvalue weighted by atomic mass is 79.9. The highest BCUT2D eigenvalue weighted by molar-refractivity contribution is 9.10.